The van der Waals surface area contributed by atoms with Gasteiger partial charge in [-0.2, -0.15) is 4.31 Å². The molecule has 0 amide bonds. The maximum atomic E-state index is 14.1. The van der Waals surface area contributed by atoms with Gasteiger partial charge in [0.15, 0.2) is 4.90 Å². The third-order valence-corrected chi connectivity index (χ3v) is 5.79. The van der Waals surface area contributed by atoms with Crippen molar-refractivity contribution in [1.29, 1.82) is 0 Å². The van der Waals surface area contributed by atoms with Gasteiger partial charge in [-0.25, -0.2) is 22.0 Å². The van der Waals surface area contributed by atoms with Crippen molar-refractivity contribution in [3.8, 4) is 5.75 Å². The molecule has 132 valence electrons. The van der Waals surface area contributed by atoms with Crippen LogP contribution in [0.2, 0.25) is 0 Å². The van der Waals surface area contributed by atoms with Crippen LogP contribution in [-0.2, 0) is 23.1 Å². The highest BCUT2D eigenvalue weighted by molar-refractivity contribution is 7.89. The number of sulfonamides is 1. The van der Waals surface area contributed by atoms with E-state index >= 15 is 0 Å². The highest BCUT2D eigenvalue weighted by atomic mass is 32.2. The second-order valence-electron chi connectivity index (χ2n) is 5.48. The Morgan fingerprint density at radius 2 is 1.84 bits per heavy atom. The fourth-order valence-electron chi connectivity index (χ4n) is 2.73. The summed E-state index contributed by atoms with van der Waals surface area (Å²) in [5.74, 6) is -3.77. The van der Waals surface area contributed by atoms with Gasteiger partial charge in [0.05, 0.1) is 12.7 Å². The van der Waals surface area contributed by atoms with Crippen LogP contribution >= 0.6 is 0 Å². The van der Waals surface area contributed by atoms with Crippen molar-refractivity contribution < 1.29 is 31.8 Å². The molecule has 25 heavy (non-hydrogen) atoms. The van der Waals surface area contributed by atoms with Gasteiger partial charge in [0, 0.05) is 25.2 Å². The molecule has 0 bridgehead atoms. The summed E-state index contributed by atoms with van der Waals surface area (Å²) in [6.07, 6.45) is 0. The Balaban J connectivity index is 2.02. The Kier molecular flexibility index (Phi) is 4.21. The van der Waals surface area contributed by atoms with Crippen LogP contribution in [0.3, 0.4) is 0 Å². The lowest BCUT2D eigenvalue weighted by molar-refractivity contribution is 0.0696. The lowest BCUT2D eigenvalue weighted by Crippen LogP contribution is -2.27. The number of nitrogens with zero attached hydrogens (tertiary/aromatic N) is 1. The van der Waals surface area contributed by atoms with Crippen molar-refractivity contribution in [2.24, 2.45) is 0 Å². The number of carboxylic acids is 1. The van der Waals surface area contributed by atoms with Crippen LogP contribution in [-0.4, -0.2) is 30.9 Å². The van der Waals surface area contributed by atoms with E-state index in [0.29, 0.717) is 17.2 Å². The molecule has 0 saturated carbocycles. The quantitative estimate of drug-likeness (QED) is 0.895. The SMILES string of the molecule is COc1cc(F)cc(F)c1S(=O)(=O)N1Cc2ccc(C(=O)O)cc2C1. The van der Waals surface area contributed by atoms with Crippen molar-refractivity contribution in [2.45, 2.75) is 18.0 Å². The number of benzene rings is 2. The summed E-state index contributed by atoms with van der Waals surface area (Å²) < 4.78 is 58.9. The van der Waals surface area contributed by atoms with E-state index in [4.69, 9.17) is 9.84 Å². The average molecular weight is 369 g/mol. The van der Waals surface area contributed by atoms with Crippen LogP contribution in [0.25, 0.3) is 0 Å². The Hall–Kier alpha value is -2.52. The van der Waals surface area contributed by atoms with Gasteiger partial charge in [-0.05, 0) is 23.3 Å². The molecular formula is C16H13F2NO5S. The molecule has 2 aromatic rings. The Bertz CT molecular complexity index is 975. The maximum Gasteiger partial charge on any atom is 0.335 e. The number of halogens is 2. The second kappa shape index (κ2) is 6.08. The predicted octanol–water partition coefficient (Wildman–Crippen LogP) is 2.38. The third-order valence-electron chi connectivity index (χ3n) is 3.94. The zero-order valence-electron chi connectivity index (χ0n) is 13.0. The second-order valence-corrected chi connectivity index (χ2v) is 7.36. The largest absolute Gasteiger partial charge is 0.495 e. The highest BCUT2D eigenvalue weighted by Crippen LogP contribution is 2.35. The first-order valence-electron chi connectivity index (χ1n) is 7.12. The minimum atomic E-state index is -4.31. The van der Waals surface area contributed by atoms with Crippen molar-refractivity contribution in [3.05, 3.63) is 58.7 Å². The smallest absolute Gasteiger partial charge is 0.335 e. The number of fused-ring (bicyclic) bond motifs is 1. The molecule has 1 aliphatic heterocycles. The summed E-state index contributed by atoms with van der Waals surface area (Å²) in [6.45, 7) is -0.156. The van der Waals surface area contributed by atoms with Gasteiger partial charge in [0.1, 0.15) is 17.4 Å². The van der Waals surface area contributed by atoms with Gasteiger partial charge >= 0.3 is 5.97 Å². The summed E-state index contributed by atoms with van der Waals surface area (Å²) in [6, 6.07) is 5.54. The normalized spacial score (nSPS) is 14.4. The predicted molar refractivity (Wildman–Crippen MR) is 82.7 cm³/mol. The zero-order chi connectivity index (χ0) is 18.4. The van der Waals surface area contributed by atoms with Gasteiger partial charge in [0.2, 0.25) is 10.0 Å². The number of aromatic carboxylic acids is 1. The zero-order valence-corrected chi connectivity index (χ0v) is 13.8. The van der Waals surface area contributed by atoms with Gasteiger partial charge in [-0.3, -0.25) is 0 Å². The number of hydrogen-bond acceptors (Lipinski definition) is 4. The van der Waals surface area contributed by atoms with Crippen molar-refractivity contribution in [1.82, 2.24) is 4.31 Å². The Morgan fingerprint density at radius 1 is 1.16 bits per heavy atom. The lowest BCUT2D eigenvalue weighted by atomic mass is 10.1. The molecule has 2 aromatic carbocycles. The van der Waals surface area contributed by atoms with Gasteiger partial charge in [0.25, 0.3) is 0 Å². The van der Waals surface area contributed by atoms with Gasteiger partial charge in [-0.1, -0.05) is 6.07 Å². The van der Waals surface area contributed by atoms with Crippen LogP contribution in [0, 0.1) is 11.6 Å². The molecule has 1 heterocycles. The number of methoxy groups -OCH3 is 1. The summed E-state index contributed by atoms with van der Waals surface area (Å²) in [4.78, 5) is 10.3. The highest BCUT2D eigenvalue weighted by Gasteiger charge is 2.35. The first-order valence-corrected chi connectivity index (χ1v) is 8.56. The standard InChI is InChI=1S/C16H13F2NO5S/c1-24-14-6-12(17)5-13(18)15(14)25(22,23)19-7-10-3-2-9(16(20)21)4-11(10)8-19/h2-6H,7-8H2,1H3,(H,20,21). The van der Waals surface area contributed by atoms with Crippen LogP contribution < -0.4 is 4.74 Å². The molecule has 0 atom stereocenters. The van der Waals surface area contributed by atoms with E-state index < -0.39 is 38.3 Å². The van der Waals surface area contributed by atoms with E-state index in [9.17, 15) is 22.0 Å². The molecule has 0 aromatic heterocycles. The summed E-state index contributed by atoms with van der Waals surface area (Å²) in [5.41, 5.74) is 1.17. The topological polar surface area (TPSA) is 83.9 Å². The molecule has 0 fully saturated rings. The fraction of sp³-hybridized carbons (Fsp3) is 0.188. The van der Waals surface area contributed by atoms with Crippen LogP contribution in [0.1, 0.15) is 21.5 Å². The van der Waals surface area contributed by atoms with Crippen LogP contribution in [0.5, 0.6) is 5.75 Å². The molecule has 0 unspecified atom stereocenters. The molecule has 3 rings (SSSR count). The first-order chi connectivity index (χ1) is 11.7. The molecule has 9 heteroatoms. The molecule has 1 aliphatic rings. The number of carboxylic acid groups (broad SMARTS) is 1. The summed E-state index contributed by atoms with van der Waals surface area (Å²) in [5, 5.41) is 9.02. The molecule has 0 radical (unpaired) electrons. The number of hydrogen-bond donors (Lipinski definition) is 1. The van der Waals surface area contributed by atoms with Crippen LogP contribution in [0.4, 0.5) is 8.78 Å². The van der Waals surface area contributed by atoms with E-state index in [0.717, 1.165) is 17.5 Å². The van der Waals surface area contributed by atoms with Crippen molar-refractivity contribution in [3.63, 3.8) is 0 Å². The van der Waals surface area contributed by atoms with Crippen molar-refractivity contribution in [2.75, 3.05) is 7.11 Å². The number of carbonyl (C=O) groups is 1. The number of rotatable bonds is 4. The summed E-state index contributed by atoms with van der Waals surface area (Å²) in [7, 11) is -3.19. The molecular weight excluding hydrogens is 356 g/mol. The van der Waals surface area contributed by atoms with E-state index in [2.05, 4.69) is 0 Å². The molecule has 1 N–H and O–H groups in total. The monoisotopic (exact) mass is 369 g/mol. The maximum absolute atomic E-state index is 14.1. The number of ether oxygens (including phenoxy) is 1. The minimum absolute atomic E-state index is 0.0311. The van der Waals surface area contributed by atoms with Crippen LogP contribution in [0.15, 0.2) is 35.2 Å². The van der Waals surface area contributed by atoms with E-state index in [-0.39, 0.29) is 18.7 Å². The third kappa shape index (κ3) is 2.96. The van der Waals surface area contributed by atoms with E-state index in [1.165, 1.54) is 18.2 Å². The fourth-order valence-corrected chi connectivity index (χ4v) is 4.31. The molecule has 6 nitrogen and oxygen atoms in total. The van der Waals surface area contributed by atoms with Gasteiger partial charge < -0.3 is 9.84 Å². The molecule has 0 aliphatic carbocycles. The van der Waals surface area contributed by atoms with Crippen molar-refractivity contribution >= 4 is 16.0 Å². The molecule has 0 spiro atoms. The van der Waals surface area contributed by atoms with E-state index in [1.54, 1.807) is 0 Å². The molecule has 0 saturated heterocycles. The first kappa shape index (κ1) is 17.3. The minimum Gasteiger partial charge on any atom is -0.495 e. The Labute approximate surface area is 142 Å². The Morgan fingerprint density at radius 3 is 2.48 bits per heavy atom. The van der Waals surface area contributed by atoms with E-state index in [1.807, 2.05) is 0 Å². The van der Waals surface area contributed by atoms with Gasteiger partial charge in [-0.15, -0.1) is 0 Å². The average Bonchev–Trinajstić information content (AvgIpc) is 2.97. The summed E-state index contributed by atoms with van der Waals surface area (Å²) >= 11 is 0. The lowest BCUT2D eigenvalue weighted by Gasteiger charge is -2.18.